The first kappa shape index (κ1) is 24.0. The van der Waals surface area contributed by atoms with Gasteiger partial charge in [0.25, 0.3) is 0 Å². The predicted molar refractivity (Wildman–Crippen MR) is 114 cm³/mol. The Balaban J connectivity index is 1.55. The van der Waals surface area contributed by atoms with E-state index in [2.05, 4.69) is 20.6 Å². The van der Waals surface area contributed by atoms with Crippen LogP contribution in [-0.2, 0) is 6.54 Å². The Bertz CT molecular complexity index is 1370. The number of hydrogen-bond acceptors (Lipinski definition) is 4. The summed E-state index contributed by atoms with van der Waals surface area (Å²) in [6.45, 7) is 1.43. The maximum absolute atomic E-state index is 14.0. The molecule has 2 amide bonds. The SMILES string of the molecule is Cc1c(C(NC(=O)Nc2cc(F)cc(NCc3cnc[nH]3)c2)C(F)(F)F)oc2c(F)cc(F)cc12. The molecule has 0 saturated carbocycles. The van der Waals surface area contributed by atoms with Crippen molar-refractivity contribution >= 4 is 28.4 Å². The van der Waals surface area contributed by atoms with Crippen molar-refractivity contribution in [2.75, 3.05) is 10.6 Å². The molecule has 0 aliphatic heterocycles. The van der Waals surface area contributed by atoms with Gasteiger partial charge in [-0.05, 0) is 31.2 Å². The van der Waals surface area contributed by atoms with Gasteiger partial charge in [-0.25, -0.2) is 22.9 Å². The van der Waals surface area contributed by atoms with Crippen molar-refractivity contribution in [3.05, 3.63) is 77.3 Å². The minimum absolute atomic E-state index is 0.134. The minimum Gasteiger partial charge on any atom is -0.455 e. The van der Waals surface area contributed by atoms with E-state index in [9.17, 15) is 31.1 Å². The van der Waals surface area contributed by atoms with E-state index in [-0.39, 0.29) is 28.9 Å². The molecule has 7 nitrogen and oxygen atoms in total. The molecule has 0 saturated heterocycles. The summed E-state index contributed by atoms with van der Waals surface area (Å²) >= 11 is 0. The summed E-state index contributed by atoms with van der Waals surface area (Å²) in [5.41, 5.74) is 0.0236. The highest BCUT2D eigenvalue weighted by Crippen LogP contribution is 2.39. The number of aromatic amines is 1. The summed E-state index contributed by atoms with van der Waals surface area (Å²) in [6, 6.07) is 0.635. The van der Waals surface area contributed by atoms with Crippen LogP contribution in [0.2, 0.25) is 0 Å². The Kier molecular flexibility index (Phi) is 6.33. The third-order valence-electron chi connectivity index (χ3n) is 5.05. The van der Waals surface area contributed by atoms with E-state index >= 15 is 0 Å². The number of aryl methyl sites for hydroxylation is 1. The summed E-state index contributed by atoms with van der Waals surface area (Å²) in [5.74, 6) is -3.75. The van der Waals surface area contributed by atoms with Gasteiger partial charge in [0.1, 0.15) is 17.4 Å². The Morgan fingerprint density at radius 3 is 2.49 bits per heavy atom. The van der Waals surface area contributed by atoms with Gasteiger partial charge in [-0.3, -0.25) is 0 Å². The van der Waals surface area contributed by atoms with Crippen LogP contribution in [0.5, 0.6) is 0 Å². The molecule has 0 aliphatic rings. The van der Waals surface area contributed by atoms with Crippen molar-refractivity contribution in [2.45, 2.75) is 25.7 Å². The fourth-order valence-corrected chi connectivity index (χ4v) is 3.47. The molecule has 0 radical (unpaired) electrons. The Morgan fingerprint density at radius 2 is 1.80 bits per heavy atom. The quantitative estimate of drug-likeness (QED) is 0.249. The number of H-pyrrole nitrogens is 1. The number of carbonyl (C=O) groups excluding carboxylic acids is 1. The van der Waals surface area contributed by atoms with Gasteiger partial charge < -0.3 is 25.4 Å². The van der Waals surface area contributed by atoms with Gasteiger partial charge in [0.05, 0.1) is 18.6 Å². The first-order valence-corrected chi connectivity index (χ1v) is 10.0. The summed E-state index contributed by atoms with van der Waals surface area (Å²) in [4.78, 5) is 19.1. The molecule has 13 heteroatoms. The van der Waals surface area contributed by atoms with E-state index in [1.807, 2.05) is 0 Å². The number of furan rings is 1. The number of nitrogens with zero attached hydrogens (tertiary/aromatic N) is 1. The maximum Gasteiger partial charge on any atom is 0.416 e. The Morgan fingerprint density at radius 1 is 1.09 bits per heavy atom. The number of halogens is 6. The third kappa shape index (κ3) is 5.34. The van der Waals surface area contributed by atoms with Gasteiger partial charge >= 0.3 is 12.2 Å². The topological polar surface area (TPSA) is 95.0 Å². The van der Waals surface area contributed by atoms with Gasteiger partial charge in [-0.2, -0.15) is 13.2 Å². The Hall–Kier alpha value is -4.16. The zero-order valence-corrected chi connectivity index (χ0v) is 17.9. The number of fused-ring (bicyclic) bond motifs is 1. The van der Waals surface area contributed by atoms with E-state index in [0.717, 1.165) is 18.2 Å². The standard InChI is InChI=1S/C22H17F6N5O2/c1-10-16-4-12(24)5-17(25)19(16)35-18(10)20(22(26,27)28)33-21(34)32-14-3-11(23)2-13(6-14)30-8-15-7-29-9-31-15/h2-7,9,20,30H,8H2,1H3,(H,29,31)(H2,32,33,34). The van der Waals surface area contributed by atoms with Crippen LogP contribution in [0.15, 0.2) is 47.3 Å². The van der Waals surface area contributed by atoms with E-state index in [0.29, 0.717) is 11.8 Å². The maximum atomic E-state index is 14.0. The van der Waals surface area contributed by atoms with E-state index in [1.165, 1.54) is 25.5 Å². The van der Waals surface area contributed by atoms with Crippen molar-refractivity contribution in [1.29, 1.82) is 0 Å². The van der Waals surface area contributed by atoms with E-state index in [4.69, 9.17) is 4.42 Å². The van der Waals surface area contributed by atoms with Crippen molar-refractivity contribution in [1.82, 2.24) is 15.3 Å². The predicted octanol–water partition coefficient (Wildman–Crippen LogP) is 5.92. The van der Waals surface area contributed by atoms with E-state index in [1.54, 1.807) is 5.32 Å². The lowest BCUT2D eigenvalue weighted by Gasteiger charge is -2.21. The highest BCUT2D eigenvalue weighted by molar-refractivity contribution is 5.90. The molecular formula is C22H17F6N5O2. The molecule has 0 spiro atoms. The number of amides is 2. The van der Waals surface area contributed by atoms with Crippen molar-refractivity contribution in [3.8, 4) is 0 Å². The third-order valence-corrected chi connectivity index (χ3v) is 5.05. The van der Waals surface area contributed by atoms with Gasteiger partial charge in [0, 0.05) is 34.6 Å². The average Bonchev–Trinajstić information content (AvgIpc) is 3.38. The smallest absolute Gasteiger partial charge is 0.416 e. The zero-order valence-electron chi connectivity index (χ0n) is 17.9. The number of hydrogen-bond donors (Lipinski definition) is 4. The fraction of sp³-hybridized carbons (Fsp3) is 0.182. The summed E-state index contributed by atoms with van der Waals surface area (Å²) < 4.78 is 88.0. The molecule has 0 aliphatic carbocycles. The van der Waals surface area contributed by atoms with Crippen molar-refractivity contribution in [2.24, 2.45) is 0 Å². The van der Waals surface area contributed by atoms with Crippen LogP contribution in [0.3, 0.4) is 0 Å². The second-order valence-corrected chi connectivity index (χ2v) is 7.59. The number of anilines is 2. The summed E-state index contributed by atoms with van der Waals surface area (Å²) in [7, 11) is 0. The molecule has 35 heavy (non-hydrogen) atoms. The zero-order chi connectivity index (χ0) is 25.3. The molecule has 184 valence electrons. The normalized spacial score (nSPS) is 12.5. The molecule has 2 aromatic carbocycles. The average molecular weight is 497 g/mol. The van der Waals surface area contributed by atoms with Crippen LogP contribution >= 0.6 is 0 Å². The first-order valence-electron chi connectivity index (χ1n) is 10.0. The molecule has 2 aromatic heterocycles. The fourth-order valence-electron chi connectivity index (χ4n) is 3.47. The minimum atomic E-state index is -5.05. The van der Waals surface area contributed by atoms with Crippen LogP contribution < -0.4 is 16.0 Å². The number of carbonyl (C=O) groups is 1. The van der Waals surface area contributed by atoms with Crippen LogP contribution in [0, 0.1) is 24.4 Å². The number of nitrogens with one attached hydrogen (secondary N) is 4. The van der Waals surface area contributed by atoms with Crippen LogP contribution in [-0.4, -0.2) is 22.2 Å². The molecule has 1 atom stereocenters. The van der Waals surface area contributed by atoms with Gasteiger partial charge in [0.2, 0.25) is 0 Å². The molecule has 4 rings (SSSR count). The van der Waals surface area contributed by atoms with Crippen LogP contribution in [0.25, 0.3) is 11.0 Å². The lowest BCUT2D eigenvalue weighted by molar-refractivity contribution is -0.158. The second kappa shape index (κ2) is 9.24. The number of imidazole rings is 1. The summed E-state index contributed by atoms with van der Waals surface area (Å²) in [5, 5.41) is 6.52. The van der Waals surface area contributed by atoms with Gasteiger partial charge in [-0.1, -0.05) is 0 Å². The van der Waals surface area contributed by atoms with Gasteiger partial charge in [-0.15, -0.1) is 0 Å². The van der Waals surface area contributed by atoms with Crippen molar-refractivity contribution < 1.29 is 35.6 Å². The highest BCUT2D eigenvalue weighted by Gasteiger charge is 2.45. The number of benzene rings is 2. The van der Waals surface area contributed by atoms with E-state index < -0.39 is 47.0 Å². The first-order chi connectivity index (χ1) is 16.5. The number of urea groups is 1. The lowest BCUT2D eigenvalue weighted by Crippen LogP contribution is -2.40. The highest BCUT2D eigenvalue weighted by atomic mass is 19.4. The molecule has 1 unspecified atom stereocenters. The molecule has 0 fully saturated rings. The monoisotopic (exact) mass is 497 g/mol. The van der Waals surface area contributed by atoms with Crippen molar-refractivity contribution in [3.63, 3.8) is 0 Å². The molecule has 0 bridgehead atoms. The lowest BCUT2D eigenvalue weighted by atomic mass is 10.1. The number of aromatic nitrogens is 2. The molecule has 4 aromatic rings. The summed E-state index contributed by atoms with van der Waals surface area (Å²) in [6.07, 6.45) is -2.06. The molecule has 2 heterocycles. The van der Waals surface area contributed by atoms with Crippen LogP contribution in [0.1, 0.15) is 23.1 Å². The molecular weight excluding hydrogens is 480 g/mol. The van der Waals surface area contributed by atoms with Crippen LogP contribution in [0.4, 0.5) is 42.5 Å². The number of alkyl halides is 3. The van der Waals surface area contributed by atoms with Gasteiger partial charge in [0.15, 0.2) is 17.4 Å². The number of rotatable bonds is 6. The Labute approximate surface area is 193 Å². The largest absolute Gasteiger partial charge is 0.455 e. The second-order valence-electron chi connectivity index (χ2n) is 7.59. The molecule has 4 N–H and O–H groups in total.